The van der Waals surface area contributed by atoms with E-state index < -0.39 is 11.7 Å². The topological polar surface area (TPSA) is 43.8 Å². The molecule has 1 unspecified atom stereocenters. The van der Waals surface area contributed by atoms with E-state index in [1.54, 1.807) is 6.92 Å². The highest BCUT2D eigenvalue weighted by atomic mass is 19.4. The van der Waals surface area contributed by atoms with Gasteiger partial charge in [-0.2, -0.15) is 13.2 Å². The third-order valence-electron chi connectivity index (χ3n) is 3.70. The number of hydrogen-bond acceptors (Lipinski definition) is 2. The smallest absolute Gasteiger partial charge is 0.322 e. The minimum absolute atomic E-state index is 0.308. The molecule has 0 aliphatic rings. The van der Waals surface area contributed by atoms with Gasteiger partial charge in [0.25, 0.3) is 0 Å². The Labute approximate surface area is 131 Å². The van der Waals surface area contributed by atoms with E-state index in [0.29, 0.717) is 23.4 Å². The first-order chi connectivity index (χ1) is 10.9. The van der Waals surface area contributed by atoms with E-state index in [1.165, 1.54) is 6.07 Å². The fourth-order valence-corrected chi connectivity index (χ4v) is 2.60. The van der Waals surface area contributed by atoms with Crippen molar-refractivity contribution in [2.75, 3.05) is 0 Å². The largest absolute Gasteiger partial charge is 0.416 e. The zero-order valence-electron chi connectivity index (χ0n) is 12.5. The zero-order valence-corrected chi connectivity index (χ0v) is 12.5. The predicted octanol–water partition coefficient (Wildman–Crippen LogP) is 4.12. The minimum Gasteiger partial charge on any atom is -0.322 e. The number of alkyl halides is 3. The average molecular weight is 319 g/mol. The Morgan fingerprint density at radius 1 is 1.13 bits per heavy atom. The molecule has 3 aromatic rings. The molecule has 1 heterocycles. The molecule has 6 heteroatoms. The first-order valence-electron chi connectivity index (χ1n) is 7.23. The number of aromatic nitrogens is 2. The molecule has 120 valence electrons. The van der Waals surface area contributed by atoms with Crippen molar-refractivity contribution in [3.05, 3.63) is 65.5 Å². The Kier molecular flexibility index (Phi) is 3.85. The lowest BCUT2D eigenvalue weighted by Gasteiger charge is -2.12. The first kappa shape index (κ1) is 15.6. The van der Waals surface area contributed by atoms with Crippen molar-refractivity contribution in [2.45, 2.75) is 25.7 Å². The number of fused-ring (bicyclic) bond motifs is 1. The summed E-state index contributed by atoms with van der Waals surface area (Å²) in [4.78, 5) is 4.32. The van der Waals surface area contributed by atoms with E-state index in [0.717, 1.165) is 17.7 Å². The molecule has 2 N–H and O–H groups in total. The van der Waals surface area contributed by atoms with Crippen LogP contribution in [-0.4, -0.2) is 9.55 Å². The van der Waals surface area contributed by atoms with Gasteiger partial charge in [0, 0.05) is 6.54 Å². The van der Waals surface area contributed by atoms with Crippen molar-refractivity contribution < 1.29 is 13.2 Å². The third-order valence-corrected chi connectivity index (χ3v) is 3.70. The second kappa shape index (κ2) is 5.70. The summed E-state index contributed by atoms with van der Waals surface area (Å²) < 4.78 is 40.5. The van der Waals surface area contributed by atoms with Crippen LogP contribution in [0.1, 0.15) is 29.9 Å². The van der Waals surface area contributed by atoms with Gasteiger partial charge in [0.2, 0.25) is 0 Å². The normalized spacial score (nSPS) is 13.4. The average Bonchev–Trinajstić information content (AvgIpc) is 2.86. The Balaban J connectivity index is 2.13. The molecular formula is C17H16F3N3. The van der Waals surface area contributed by atoms with Gasteiger partial charge in [-0.1, -0.05) is 30.3 Å². The number of halogens is 3. The summed E-state index contributed by atoms with van der Waals surface area (Å²) in [5.74, 6) is 0.572. The van der Waals surface area contributed by atoms with E-state index in [9.17, 15) is 13.2 Å². The van der Waals surface area contributed by atoms with Gasteiger partial charge < -0.3 is 10.3 Å². The molecule has 0 saturated heterocycles. The highest BCUT2D eigenvalue weighted by molar-refractivity contribution is 5.77. The van der Waals surface area contributed by atoms with Crippen LogP contribution in [-0.2, 0) is 12.7 Å². The number of benzene rings is 2. The molecule has 0 radical (unpaired) electrons. The summed E-state index contributed by atoms with van der Waals surface area (Å²) in [5.41, 5.74) is 7.24. The quantitative estimate of drug-likeness (QED) is 0.789. The molecule has 23 heavy (non-hydrogen) atoms. The monoisotopic (exact) mass is 319 g/mol. The summed E-state index contributed by atoms with van der Waals surface area (Å²) in [5, 5.41) is 0. The second-order valence-electron chi connectivity index (χ2n) is 5.53. The van der Waals surface area contributed by atoms with E-state index >= 15 is 0 Å². The molecule has 0 spiro atoms. The molecule has 1 aromatic heterocycles. The maximum Gasteiger partial charge on any atom is 0.416 e. The minimum atomic E-state index is -4.38. The van der Waals surface area contributed by atoms with Crippen molar-refractivity contribution in [3.8, 4) is 0 Å². The highest BCUT2D eigenvalue weighted by Gasteiger charge is 2.31. The summed E-state index contributed by atoms with van der Waals surface area (Å²) in [7, 11) is 0. The molecule has 0 aliphatic carbocycles. The van der Waals surface area contributed by atoms with Crippen molar-refractivity contribution >= 4 is 11.0 Å². The summed E-state index contributed by atoms with van der Waals surface area (Å²) in [6.45, 7) is 2.28. The SMILES string of the molecule is CC(N)c1nc2cc(C(F)(F)F)ccc2n1Cc1ccccc1. The summed E-state index contributed by atoms with van der Waals surface area (Å²) in [6.07, 6.45) is -4.38. The highest BCUT2D eigenvalue weighted by Crippen LogP contribution is 2.32. The number of nitrogens with two attached hydrogens (primary N) is 1. The fourth-order valence-electron chi connectivity index (χ4n) is 2.60. The number of nitrogens with zero attached hydrogens (tertiary/aromatic N) is 2. The van der Waals surface area contributed by atoms with Gasteiger partial charge in [-0.3, -0.25) is 0 Å². The number of imidazole rings is 1. The van der Waals surface area contributed by atoms with E-state index in [4.69, 9.17) is 5.73 Å². The maximum absolute atomic E-state index is 12.9. The van der Waals surface area contributed by atoms with E-state index in [-0.39, 0.29) is 6.04 Å². The van der Waals surface area contributed by atoms with Crippen LogP contribution >= 0.6 is 0 Å². The van der Waals surface area contributed by atoms with Gasteiger partial charge in [-0.15, -0.1) is 0 Å². The molecule has 3 nitrogen and oxygen atoms in total. The van der Waals surface area contributed by atoms with Gasteiger partial charge in [-0.05, 0) is 30.7 Å². The van der Waals surface area contributed by atoms with Crippen molar-refractivity contribution in [1.82, 2.24) is 9.55 Å². The maximum atomic E-state index is 12.9. The Bertz CT molecular complexity index is 820. The van der Waals surface area contributed by atoms with Crippen LogP contribution in [0.4, 0.5) is 13.2 Å². The first-order valence-corrected chi connectivity index (χ1v) is 7.23. The summed E-state index contributed by atoms with van der Waals surface area (Å²) >= 11 is 0. The lowest BCUT2D eigenvalue weighted by Crippen LogP contribution is -2.14. The molecule has 0 saturated carbocycles. The van der Waals surface area contributed by atoms with Crippen LogP contribution in [0.25, 0.3) is 11.0 Å². The number of rotatable bonds is 3. The molecule has 2 aromatic carbocycles. The molecule has 0 amide bonds. The molecule has 1 atom stereocenters. The molecule has 0 aliphatic heterocycles. The van der Waals surface area contributed by atoms with Gasteiger partial charge >= 0.3 is 6.18 Å². The van der Waals surface area contributed by atoms with Crippen molar-refractivity contribution in [1.29, 1.82) is 0 Å². The third kappa shape index (κ3) is 3.07. The van der Waals surface area contributed by atoms with E-state index in [1.807, 2.05) is 34.9 Å². The van der Waals surface area contributed by atoms with Crippen LogP contribution in [0.5, 0.6) is 0 Å². The van der Waals surface area contributed by atoms with Crippen molar-refractivity contribution in [2.24, 2.45) is 5.73 Å². The molecular weight excluding hydrogens is 303 g/mol. The summed E-state index contributed by atoms with van der Waals surface area (Å²) in [6, 6.07) is 12.9. The van der Waals surface area contributed by atoms with Crippen LogP contribution < -0.4 is 5.73 Å². The fraction of sp³-hybridized carbons (Fsp3) is 0.235. The molecule has 0 bridgehead atoms. The molecule has 0 fully saturated rings. The lowest BCUT2D eigenvalue weighted by atomic mass is 10.2. The Morgan fingerprint density at radius 3 is 2.43 bits per heavy atom. The van der Waals surface area contributed by atoms with Crippen LogP contribution in [0.3, 0.4) is 0 Å². The second-order valence-corrected chi connectivity index (χ2v) is 5.53. The molecule has 3 rings (SSSR count). The Hall–Kier alpha value is -2.34. The Morgan fingerprint density at radius 2 is 1.83 bits per heavy atom. The lowest BCUT2D eigenvalue weighted by molar-refractivity contribution is -0.137. The van der Waals surface area contributed by atoms with Crippen molar-refractivity contribution in [3.63, 3.8) is 0 Å². The predicted molar refractivity (Wildman–Crippen MR) is 82.9 cm³/mol. The van der Waals surface area contributed by atoms with Gasteiger partial charge in [0.15, 0.2) is 0 Å². The van der Waals surface area contributed by atoms with Crippen LogP contribution in [0.15, 0.2) is 48.5 Å². The van der Waals surface area contributed by atoms with Gasteiger partial charge in [0.05, 0.1) is 22.6 Å². The van der Waals surface area contributed by atoms with Crippen LogP contribution in [0, 0.1) is 0 Å². The van der Waals surface area contributed by atoms with E-state index in [2.05, 4.69) is 4.98 Å². The van der Waals surface area contributed by atoms with Gasteiger partial charge in [-0.25, -0.2) is 4.98 Å². The number of hydrogen-bond donors (Lipinski definition) is 1. The van der Waals surface area contributed by atoms with Crippen LogP contribution in [0.2, 0.25) is 0 Å². The van der Waals surface area contributed by atoms with Gasteiger partial charge in [0.1, 0.15) is 5.82 Å². The zero-order chi connectivity index (χ0) is 16.6. The standard InChI is InChI=1S/C17H16F3N3/c1-11(21)16-22-14-9-13(17(18,19)20)7-8-15(14)23(16)10-12-5-3-2-4-6-12/h2-9,11H,10,21H2,1H3.